The lowest BCUT2D eigenvalue weighted by molar-refractivity contribution is -0.150. The normalized spacial score (nSPS) is 12.6. The number of allylic oxidation sites excluding steroid dienone is 6. The zero-order chi connectivity index (χ0) is 30.8. The summed E-state index contributed by atoms with van der Waals surface area (Å²) in [6.45, 7) is 4.39. The van der Waals surface area contributed by atoms with E-state index >= 15 is 0 Å². The van der Waals surface area contributed by atoms with Crippen molar-refractivity contribution < 1.29 is 19.4 Å². The molecule has 0 rings (SSSR count). The molecule has 4 heteroatoms. The molecule has 0 fully saturated rings. The molecule has 244 valence electrons. The highest BCUT2D eigenvalue weighted by atomic mass is 16.5. The molecule has 0 saturated carbocycles. The van der Waals surface area contributed by atoms with Gasteiger partial charge in [0, 0.05) is 12.8 Å². The van der Waals surface area contributed by atoms with E-state index in [1.807, 2.05) is 0 Å². The molecule has 0 aliphatic heterocycles. The van der Waals surface area contributed by atoms with Gasteiger partial charge < -0.3 is 9.84 Å². The largest absolute Gasteiger partial charge is 0.481 e. The number of carbonyl (C=O) groups excluding carboxylic acids is 1. The molecule has 0 aliphatic carbocycles. The first-order valence-corrected chi connectivity index (χ1v) is 18.0. The van der Waals surface area contributed by atoms with Gasteiger partial charge in [0.2, 0.25) is 0 Å². The quantitative estimate of drug-likeness (QED) is 0.0482. The second kappa shape index (κ2) is 33.7. The van der Waals surface area contributed by atoms with Crippen LogP contribution in [0.3, 0.4) is 0 Å². The predicted molar refractivity (Wildman–Crippen MR) is 181 cm³/mol. The summed E-state index contributed by atoms with van der Waals surface area (Å²) in [5, 5.41) is 8.67. The molecule has 0 radical (unpaired) electrons. The van der Waals surface area contributed by atoms with Gasteiger partial charge in [-0.25, -0.2) is 0 Å². The van der Waals surface area contributed by atoms with Crippen LogP contribution in [-0.4, -0.2) is 23.1 Å². The van der Waals surface area contributed by atoms with Crippen LogP contribution in [0.15, 0.2) is 36.5 Å². The first-order valence-electron chi connectivity index (χ1n) is 18.0. The summed E-state index contributed by atoms with van der Waals surface area (Å²) in [4.78, 5) is 23.0. The maximum absolute atomic E-state index is 12.5. The Kier molecular flexibility index (Phi) is 32.2. The number of rotatable bonds is 32. The lowest BCUT2D eigenvalue weighted by atomic mass is 10.0. The van der Waals surface area contributed by atoms with E-state index in [-0.39, 0.29) is 12.1 Å². The monoisotopic (exact) mass is 589 g/mol. The molecule has 4 nitrogen and oxygen atoms in total. The molecule has 0 saturated heterocycles. The Morgan fingerprint density at radius 1 is 0.548 bits per heavy atom. The maximum atomic E-state index is 12.5. The van der Waals surface area contributed by atoms with Crippen LogP contribution in [-0.2, 0) is 14.3 Å². The smallest absolute Gasteiger partial charge is 0.306 e. The van der Waals surface area contributed by atoms with Gasteiger partial charge >= 0.3 is 11.9 Å². The third-order valence-corrected chi connectivity index (χ3v) is 7.88. The Hall–Kier alpha value is -1.84. The maximum Gasteiger partial charge on any atom is 0.306 e. The summed E-state index contributed by atoms with van der Waals surface area (Å²) >= 11 is 0. The van der Waals surface area contributed by atoms with Gasteiger partial charge in [-0.3, -0.25) is 9.59 Å². The number of carboxylic acids is 1. The number of ether oxygens (including phenoxy) is 1. The molecule has 1 unspecified atom stereocenters. The standard InChI is InChI=1S/C38H68O4/c1-3-5-7-8-9-10-11-12-13-14-18-21-24-27-31-35-38(41)42-36(32-28-6-4-2)33-29-25-22-19-16-15-17-20-23-26-30-34-37(39)40/h5,7,9-10,12-13,36H,3-4,6,8,11,14-35H2,1-2H3,(H,39,40)/b7-5-,10-9-,13-12-. The van der Waals surface area contributed by atoms with E-state index in [0.29, 0.717) is 12.8 Å². The molecule has 0 spiro atoms. The van der Waals surface area contributed by atoms with Gasteiger partial charge in [0.05, 0.1) is 0 Å². The van der Waals surface area contributed by atoms with Crippen molar-refractivity contribution in [1.82, 2.24) is 0 Å². The molecule has 0 amide bonds. The summed E-state index contributed by atoms with van der Waals surface area (Å²) in [5.74, 6) is -0.660. The van der Waals surface area contributed by atoms with E-state index < -0.39 is 5.97 Å². The second-order valence-electron chi connectivity index (χ2n) is 12.0. The van der Waals surface area contributed by atoms with Gasteiger partial charge in [0.15, 0.2) is 0 Å². The summed E-state index contributed by atoms with van der Waals surface area (Å²) in [6, 6.07) is 0. The molecule has 1 atom stereocenters. The van der Waals surface area contributed by atoms with Crippen molar-refractivity contribution in [3.63, 3.8) is 0 Å². The molecular weight excluding hydrogens is 520 g/mol. The molecule has 0 aromatic heterocycles. The topological polar surface area (TPSA) is 63.6 Å². The van der Waals surface area contributed by atoms with Gasteiger partial charge in [0.1, 0.15) is 6.10 Å². The van der Waals surface area contributed by atoms with Crippen LogP contribution in [0.1, 0.15) is 187 Å². The predicted octanol–water partition coefficient (Wildman–Crippen LogP) is 12.2. The minimum atomic E-state index is -0.674. The Morgan fingerprint density at radius 2 is 1.00 bits per heavy atom. The zero-order valence-corrected chi connectivity index (χ0v) is 27.8. The van der Waals surface area contributed by atoms with Crippen LogP contribution < -0.4 is 0 Å². The van der Waals surface area contributed by atoms with E-state index in [1.165, 1.54) is 83.5 Å². The van der Waals surface area contributed by atoms with Gasteiger partial charge in [-0.2, -0.15) is 0 Å². The van der Waals surface area contributed by atoms with Crippen molar-refractivity contribution in [2.24, 2.45) is 0 Å². The average Bonchev–Trinajstić information content (AvgIpc) is 2.97. The highest BCUT2D eigenvalue weighted by molar-refractivity contribution is 5.69. The minimum Gasteiger partial charge on any atom is -0.481 e. The van der Waals surface area contributed by atoms with Crippen LogP contribution in [0.4, 0.5) is 0 Å². The van der Waals surface area contributed by atoms with E-state index in [2.05, 4.69) is 50.3 Å². The molecule has 1 N–H and O–H groups in total. The zero-order valence-electron chi connectivity index (χ0n) is 27.8. The Bertz CT molecular complexity index is 679. The number of hydrogen-bond acceptors (Lipinski definition) is 3. The van der Waals surface area contributed by atoms with E-state index in [0.717, 1.165) is 77.0 Å². The fraction of sp³-hybridized carbons (Fsp3) is 0.789. The van der Waals surface area contributed by atoms with Crippen molar-refractivity contribution in [3.05, 3.63) is 36.5 Å². The number of aliphatic carboxylic acids is 1. The van der Waals surface area contributed by atoms with Crippen molar-refractivity contribution in [2.75, 3.05) is 0 Å². The van der Waals surface area contributed by atoms with Gasteiger partial charge in [-0.05, 0) is 70.6 Å². The lowest BCUT2D eigenvalue weighted by Crippen LogP contribution is -2.18. The highest BCUT2D eigenvalue weighted by Crippen LogP contribution is 2.18. The molecule has 0 aromatic rings. The number of unbranched alkanes of at least 4 members (excludes halogenated alkanes) is 17. The van der Waals surface area contributed by atoms with Crippen LogP contribution in [0.2, 0.25) is 0 Å². The van der Waals surface area contributed by atoms with E-state index in [1.54, 1.807) is 0 Å². The van der Waals surface area contributed by atoms with Gasteiger partial charge in [0.25, 0.3) is 0 Å². The third kappa shape index (κ3) is 32.7. The number of hydrogen-bond donors (Lipinski definition) is 1. The number of carboxylic acid groups (broad SMARTS) is 1. The second-order valence-corrected chi connectivity index (χ2v) is 12.0. The minimum absolute atomic E-state index is 0.0145. The lowest BCUT2D eigenvalue weighted by Gasteiger charge is -2.18. The van der Waals surface area contributed by atoms with Crippen molar-refractivity contribution in [2.45, 2.75) is 193 Å². The summed E-state index contributed by atoms with van der Waals surface area (Å²) in [7, 11) is 0. The van der Waals surface area contributed by atoms with Crippen molar-refractivity contribution >= 4 is 11.9 Å². The van der Waals surface area contributed by atoms with Crippen LogP contribution >= 0.6 is 0 Å². The number of esters is 1. The Morgan fingerprint density at radius 3 is 1.55 bits per heavy atom. The molecule has 0 bridgehead atoms. The first-order chi connectivity index (χ1) is 20.6. The Labute approximate surface area is 260 Å². The van der Waals surface area contributed by atoms with Crippen LogP contribution in [0.25, 0.3) is 0 Å². The average molecular weight is 589 g/mol. The molecule has 42 heavy (non-hydrogen) atoms. The third-order valence-electron chi connectivity index (χ3n) is 7.88. The van der Waals surface area contributed by atoms with E-state index in [4.69, 9.17) is 9.84 Å². The molecular formula is C38H68O4. The summed E-state index contributed by atoms with van der Waals surface area (Å²) < 4.78 is 5.94. The molecule has 0 aromatic carbocycles. The SMILES string of the molecule is CC/C=C\C/C=C\C/C=C\CCCCCCCC(=O)OC(CCCCC)CCCCCCCCCCCCCC(=O)O. The highest BCUT2D eigenvalue weighted by Gasteiger charge is 2.14. The van der Waals surface area contributed by atoms with Crippen molar-refractivity contribution in [3.8, 4) is 0 Å². The number of carbonyl (C=O) groups is 2. The Balaban J connectivity index is 3.79. The fourth-order valence-electron chi connectivity index (χ4n) is 5.26. The fourth-order valence-corrected chi connectivity index (χ4v) is 5.26. The molecule has 0 heterocycles. The summed E-state index contributed by atoms with van der Waals surface area (Å²) in [5.41, 5.74) is 0. The van der Waals surface area contributed by atoms with Crippen molar-refractivity contribution in [1.29, 1.82) is 0 Å². The van der Waals surface area contributed by atoms with E-state index in [9.17, 15) is 9.59 Å². The van der Waals surface area contributed by atoms with Gasteiger partial charge in [-0.15, -0.1) is 0 Å². The van der Waals surface area contributed by atoms with Crippen LogP contribution in [0.5, 0.6) is 0 Å². The van der Waals surface area contributed by atoms with Crippen LogP contribution in [0, 0.1) is 0 Å². The van der Waals surface area contributed by atoms with Gasteiger partial charge in [-0.1, -0.05) is 140 Å². The summed E-state index contributed by atoms with van der Waals surface area (Å²) in [6.07, 6.45) is 43.3. The molecule has 0 aliphatic rings. The first kappa shape index (κ1) is 40.2.